The number of carbonyl (C=O) groups is 2. The van der Waals surface area contributed by atoms with Gasteiger partial charge in [0, 0.05) is 28.6 Å². The van der Waals surface area contributed by atoms with Gasteiger partial charge in [-0.25, -0.2) is 9.00 Å². The van der Waals surface area contributed by atoms with Crippen molar-refractivity contribution in [3.05, 3.63) is 0 Å². The zero-order chi connectivity index (χ0) is 13.1. The van der Waals surface area contributed by atoms with Gasteiger partial charge in [0.25, 0.3) is 0 Å². The van der Waals surface area contributed by atoms with E-state index in [-0.39, 0.29) is 24.3 Å². The first-order valence-electron chi connectivity index (χ1n) is 5.11. The molecule has 1 fully saturated rings. The second-order valence-electron chi connectivity index (χ2n) is 4.02. The molecule has 7 nitrogen and oxygen atoms in total. The van der Waals surface area contributed by atoms with Crippen LogP contribution in [0, 0.1) is 4.78 Å². The summed E-state index contributed by atoms with van der Waals surface area (Å²) in [4.78, 5) is 23.1. The lowest BCUT2D eigenvalue weighted by molar-refractivity contribution is -0.145. The highest BCUT2D eigenvalue weighted by molar-refractivity contribution is 7.92. The van der Waals surface area contributed by atoms with E-state index in [4.69, 9.17) is 9.89 Å². The smallest absolute Gasteiger partial charge is 0.329 e. The molecule has 0 aromatic rings. The van der Waals surface area contributed by atoms with Crippen molar-refractivity contribution >= 4 is 21.6 Å². The zero-order valence-electron chi connectivity index (χ0n) is 9.55. The number of amides is 1. The van der Waals surface area contributed by atoms with Crippen LogP contribution in [-0.2, 0) is 24.1 Å². The van der Waals surface area contributed by atoms with E-state index in [0.29, 0.717) is 12.2 Å². The molecule has 1 saturated heterocycles. The number of carboxylic acid groups (broad SMARTS) is 1. The Kier molecular flexibility index (Phi) is 4.47. The van der Waals surface area contributed by atoms with Crippen LogP contribution in [0.2, 0.25) is 0 Å². The van der Waals surface area contributed by atoms with Gasteiger partial charge in [-0.1, -0.05) is 0 Å². The van der Waals surface area contributed by atoms with Crippen LogP contribution >= 0.6 is 0 Å². The predicted octanol–water partition coefficient (Wildman–Crippen LogP) is -0.635. The Morgan fingerprint density at radius 2 is 2.18 bits per heavy atom. The summed E-state index contributed by atoms with van der Waals surface area (Å²) in [6.07, 6.45) is 0.545. The average Bonchev–Trinajstić information content (AvgIpc) is 2.57. The third kappa shape index (κ3) is 4.31. The van der Waals surface area contributed by atoms with Crippen LogP contribution in [0.3, 0.4) is 0 Å². The van der Waals surface area contributed by atoms with E-state index in [1.54, 1.807) is 7.05 Å². The zero-order valence-corrected chi connectivity index (χ0v) is 10.4. The minimum Gasteiger partial charge on any atom is -0.480 e. The lowest BCUT2D eigenvalue weighted by Crippen LogP contribution is -2.40. The van der Waals surface area contributed by atoms with Crippen LogP contribution in [0.4, 0.5) is 0 Å². The van der Waals surface area contributed by atoms with Gasteiger partial charge in [0.1, 0.15) is 13.2 Å². The summed E-state index contributed by atoms with van der Waals surface area (Å²) in [7, 11) is -0.983. The summed E-state index contributed by atoms with van der Waals surface area (Å²) < 4.78 is 23.6. The van der Waals surface area contributed by atoms with Gasteiger partial charge in [0.05, 0.1) is 5.75 Å². The molecule has 1 heterocycles. The van der Waals surface area contributed by atoms with Crippen molar-refractivity contribution in [1.29, 1.82) is 4.78 Å². The van der Waals surface area contributed by atoms with Gasteiger partial charge in [-0.3, -0.25) is 9.57 Å². The van der Waals surface area contributed by atoms with Crippen molar-refractivity contribution in [2.75, 3.05) is 31.8 Å². The number of carbonyl (C=O) groups excluding carboxylic acids is 1. The van der Waals surface area contributed by atoms with Crippen LogP contribution in [-0.4, -0.2) is 63.9 Å². The minimum atomic E-state index is -2.54. The standard InChI is InChI=1S/C9H16N2O5S/c1-11(7-2-3-17(10,15)6-7)8(12)4-16-5-9(13)14/h7,10H,2-6H2,1H3,(H,13,14). The highest BCUT2D eigenvalue weighted by atomic mass is 32.2. The Bertz CT molecular complexity index is 406. The Labute approximate surface area is 99.7 Å². The number of hydrogen-bond donors (Lipinski definition) is 2. The molecule has 1 rings (SSSR count). The average molecular weight is 264 g/mol. The molecular formula is C9H16N2O5S. The van der Waals surface area contributed by atoms with E-state index < -0.39 is 22.3 Å². The van der Waals surface area contributed by atoms with Gasteiger partial charge < -0.3 is 14.7 Å². The Morgan fingerprint density at radius 3 is 2.65 bits per heavy atom. The molecule has 0 bridgehead atoms. The number of rotatable bonds is 5. The van der Waals surface area contributed by atoms with E-state index in [2.05, 4.69) is 4.74 Å². The topological polar surface area (TPSA) is 108 Å². The maximum Gasteiger partial charge on any atom is 0.329 e. The van der Waals surface area contributed by atoms with Crippen molar-refractivity contribution in [3.63, 3.8) is 0 Å². The first-order valence-corrected chi connectivity index (χ1v) is 7.01. The summed E-state index contributed by atoms with van der Waals surface area (Å²) >= 11 is 0. The van der Waals surface area contributed by atoms with Crippen molar-refractivity contribution in [3.8, 4) is 0 Å². The largest absolute Gasteiger partial charge is 0.480 e. The Balaban J connectivity index is 2.40. The number of ether oxygens (including phenoxy) is 1. The van der Waals surface area contributed by atoms with E-state index in [0.717, 1.165) is 0 Å². The monoisotopic (exact) mass is 264 g/mol. The summed E-state index contributed by atoms with van der Waals surface area (Å²) in [5.74, 6) is -0.983. The summed E-state index contributed by atoms with van der Waals surface area (Å²) in [6.45, 7) is -0.822. The van der Waals surface area contributed by atoms with Crippen LogP contribution in [0.15, 0.2) is 0 Å². The highest BCUT2D eigenvalue weighted by Gasteiger charge is 2.30. The molecule has 8 heteroatoms. The molecule has 2 N–H and O–H groups in total. The lowest BCUT2D eigenvalue weighted by atomic mass is 10.2. The Morgan fingerprint density at radius 1 is 1.53 bits per heavy atom. The SMILES string of the molecule is CN(C(=O)COCC(=O)O)C1CCS(=N)(=O)C1. The first-order chi connectivity index (χ1) is 7.82. The van der Waals surface area contributed by atoms with Gasteiger partial charge in [0.15, 0.2) is 0 Å². The highest BCUT2D eigenvalue weighted by Crippen LogP contribution is 2.17. The molecule has 17 heavy (non-hydrogen) atoms. The summed E-state index contributed by atoms with van der Waals surface area (Å²) in [5, 5.41) is 8.33. The van der Waals surface area contributed by atoms with E-state index >= 15 is 0 Å². The molecule has 1 aliphatic rings. The van der Waals surface area contributed by atoms with Crippen LogP contribution < -0.4 is 0 Å². The van der Waals surface area contributed by atoms with Crippen molar-refractivity contribution in [2.45, 2.75) is 12.5 Å². The van der Waals surface area contributed by atoms with Gasteiger partial charge in [0.2, 0.25) is 5.91 Å². The minimum absolute atomic E-state index is 0.189. The van der Waals surface area contributed by atoms with Crippen molar-refractivity contribution in [2.24, 2.45) is 0 Å². The molecule has 0 aliphatic carbocycles. The first kappa shape index (κ1) is 13.9. The molecule has 2 atom stereocenters. The fourth-order valence-corrected chi connectivity index (χ4v) is 3.47. The molecule has 98 valence electrons. The van der Waals surface area contributed by atoms with Crippen LogP contribution in [0.1, 0.15) is 6.42 Å². The molecule has 0 radical (unpaired) electrons. The third-order valence-corrected chi connectivity index (χ3v) is 4.45. The maximum absolute atomic E-state index is 11.6. The van der Waals surface area contributed by atoms with E-state index in [9.17, 15) is 13.8 Å². The normalized spacial score (nSPS) is 27.9. The fraction of sp³-hybridized carbons (Fsp3) is 0.778. The van der Waals surface area contributed by atoms with Gasteiger partial charge in [-0.05, 0) is 6.42 Å². The third-order valence-electron chi connectivity index (χ3n) is 2.63. The summed E-state index contributed by atoms with van der Waals surface area (Å²) in [6, 6.07) is -0.207. The second-order valence-corrected chi connectivity index (χ2v) is 6.38. The van der Waals surface area contributed by atoms with E-state index in [1.165, 1.54) is 4.90 Å². The fourth-order valence-electron chi connectivity index (χ4n) is 1.64. The van der Waals surface area contributed by atoms with Gasteiger partial charge in [-0.15, -0.1) is 0 Å². The summed E-state index contributed by atoms with van der Waals surface area (Å²) in [5.41, 5.74) is 0. The Hall–Kier alpha value is -1.15. The molecule has 1 aliphatic heterocycles. The van der Waals surface area contributed by atoms with E-state index in [1.807, 2.05) is 0 Å². The molecule has 0 aromatic carbocycles. The van der Waals surface area contributed by atoms with Crippen molar-refractivity contribution < 1.29 is 23.6 Å². The number of likely N-dealkylation sites (N-methyl/N-ethyl adjacent to an activating group) is 1. The number of nitrogens with one attached hydrogen (secondary N) is 1. The predicted molar refractivity (Wildman–Crippen MR) is 60.2 cm³/mol. The molecule has 0 spiro atoms. The number of nitrogens with zero attached hydrogens (tertiary/aromatic N) is 1. The molecule has 0 saturated carbocycles. The second kappa shape index (κ2) is 5.46. The van der Waals surface area contributed by atoms with Crippen LogP contribution in [0.5, 0.6) is 0 Å². The molecule has 1 amide bonds. The number of aliphatic carboxylic acids is 1. The maximum atomic E-state index is 11.6. The quantitative estimate of drug-likeness (QED) is 0.687. The number of carboxylic acids is 1. The molecule has 2 unspecified atom stereocenters. The van der Waals surface area contributed by atoms with Crippen LogP contribution in [0.25, 0.3) is 0 Å². The molecular weight excluding hydrogens is 248 g/mol. The van der Waals surface area contributed by atoms with Gasteiger partial charge in [-0.2, -0.15) is 0 Å². The lowest BCUT2D eigenvalue weighted by Gasteiger charge is -2.23. The van der Waals surface area contributed by atoms with Gasteiger partial charge >= 0.3 is 5.97 Å². The molecule has 0 aromatic heterocycles. The van der Waals surface area contributed by atoms with Crippen molar-refractivity contribution in [1.82, 2.24) is 4.90 Å². The number of hydrogen-bond acceptors (Lipinski definition) is 5.